The number of thiazole rings is 1. The van der Waals surface area contributed by atoms with Crippen LogP contribution >= 0.6 is 11.3 Å². The van der Waals surface area contributed by atoms with Gasteiger partial charge in [-0.25, -0.2) is 9.78 Å². The van der Waals surface area contributed by atoms with E-state index in [4.69, 9.17) is 5.41 Å². The van der Waals surface area contributed by atoms with Gasteiger partial charge in [0.05, 0.1) is 40.1 Å². The van der Waals surface area contributed by atoms with Crippen LogP contribution < -0.4 is 5.32 Å². The van der Waals surface area contributed by atoms with Gasteiger partial charge in [-0.3, -0.25) is 14.9 Å². The molecule has 0 saturated heterocycles. The van der Waals surface area contributed by atoms with Gasteiger partial charge in [0.2, 0.25) is 0 Å². The molecule has 0 bridgehead atoms. The maximum Gasteiger partial charge on any atom is 0.339 e. The monoisotopic (exact) mass is 442 g/mol. The molecule has 0 atom stereocenters. The van der Waals surface area contributed by atoms with Crippen LogP contribution in [0.25, 0.3) is 10.3 Å². The molecule has 0 amide bonds. The van der Waals surface area contributed by atoms with Crippen molar-refractivity contribution in [1.82, 2.24) is 30.1 Å². The van der Waals surface area contributed by atoms with Crippen molar-refractivity contribution in [2.75, 3.05) is 20.6 Å². The molecule has 3 aromatic rings. The van der Waals surface area contributed by atoms with E-state index < -0.39 is 5.97 Å². The Balaban J connectivity index is 1.85. The normalized spacial score (nSPS) is 11.9. The van der Waals surface area contributed by atoms with Gasteiger partial charge in [0, 0.05) is 45.5 Å². The van der Waals surface area contributed by atoms with E-state index >= 15 is 0 Å². The highest BCUT2D eigenvalue weighted by Gasteiger charge is 2.19. The van der Waals surface area contributed by atoms with Crippen molar-refractivity contribution < 1.29 is 14.7 Å². The smallest absolute Gasteiger partial charge is 0.339 e. The van der Waals surface area contributed by atoms with E-state index in [1.165, 1.54) is 28.8 Å². The number of carbonyl (C=O) groups excluding carboxylic acids is 1. The predicted octanol–water partition coefficient (Wildman–Crippen LogP) is 1.23. The Kier molecular flexibility index (Phi) is 6.60. The summed E-state index contributed by atoms with van der Waals surface area (Å²) in [5, 5.41) is 33.4. The molecular formula is C19H22N8O3S. The Labute approximate surface area is 181 Å². The molecular weight excluding hydrogens is 420 g/mol. The molecule has 0 radical (unpaired) electrons. The predicted molar refractivity (Wildman–Crippen MR) is 118 cm³/mol. The number of aliphatic carboxylic acids is 1. The molecule has 4 N–H and O–H groups in total. The topological polar surface area (TPSA) is 152 Å². The van der Waals surface area contributed by atoms with Crippen molar-refractivity contribution in [1.29, 1.82) is 5.41 Å². The fourth-order valence-electron chi connectivity index (χ4n) is 2.99. The summed E-state index contributed by atoms with van der Waals surface area (Å²) in [4.78, 5) is 27.6. The fourth-order valence-corrected chi connectivity index (χ4v) is 4.12. The zero-order chi connectivity index (χ0) is 22.5. The molecule has 0 aliphatic rings. The molecule has 0 spiro atoms. The first-order valence-corrected chi connectivity index (χ1v) is 10.0. The first-order valence-electron chi connectivity index (χ1n) is 9.21. The molecule has 0 aliphatic carbocycles. The summed E-state index contributed by atoms with van der Waals surface area (Å²) in [5.41, 5.74) is 2.36. The highest BCUT2D eigenvalue weighted by atomic mass is 32.1. The molecule has 3 rings (SSSR count). The molecule has 162 valence electrons. The summed E-state index contributed by atoms with van der Waals surface area (Å²) < 4.78 is 2.54. The largest absolute Gasteiger partial charge is 0.478 e. The van der Waals surface area contributed by atoms with Crippen LogP contribution in [0.15, 0.2) is 29.1 Å². The number of aldehydes is 1. The van der Waals surface area contributed by atoms with E-state index in [1.807, 2.05) is 6.07 Å². The summed E-state index contributed by atoms with van der Waals surface area (Å²) in [6.45, 7) is -0.0180. The van der Waals surface area contributed by atoms with Gasteiger partial charge in [0.25, 0.3) is 0 Å². The molecule has 0 fully saturated rings. The number of fused-ring (bicyclic) bond motifs is 1. The van der Waals surface area contributed by atoms with E-state index in [1.54, 1.807) is 31.9 Å². The lowest BCUT2D eigenvalue weighted by Crippen LogP contribution is -2.26. The van der Waals surface area contributed by atoms with Gasteiger partial charge in [-0.05, 0) is 6.07 Å². The van der Waals surface area contributed by atoms with Crippen LogP contribution in [0.4, 0.5) is 0 Å². The zero-order valence-corrected chi connectivity index (χ0v) is 18.0. The number of hydrogen-bond acceptors (Lipinski definition) is 9. The number of aromatic nitrogens is 4. The number of carboxylic acid groups (broad SMARTS) is 1. The summed E-state index contributed by atoms with van der Waals surface area (Å²) in [5.74, 6) is -1.20. The van der Waals surface area contributed by atoms with Gasteiger partial charge >= 0.3 is 5.97 Å². The summed E-state index contributed by atoms with van der Waals surface area (Å²) in [6, 6.07) is 1.88. The maximum absolute atomic E-state index is 11.7. The number of nitrogens with one attached hydrogen (secondary N) is 3. The second-order valence-corrected chi connectivity index (χ2v) is 7.75. The lowest BCUT2D eigenvalue weighted by Gasteiger charge is -2.14. The Morgan fingerprint density at radius 2 is 2.29 bits per heavy atom. The number of aryl methyl sites for hydroxylation is 1. The van der Waals surface area contributed by atoms with Crippen LogP contribution in [0.5, 0.6) is 0 Å². The minimum atomic E-state index is -1.20. The van der Waals surface area contributed by atoms with Gasteiger partial charge in [-0.15, -0.1) is 11.3 Å². The highest BCUT2D eigenvalue weighted by Crippen LogP contribution is 2.30. The number of H-pyrrole nitrogens is 1. The summed E-state index contributed by atoms with van der Waals surface area (Å²) >= 11 is 1.46. The van der Waals surface area contributed by atoms with Crippen LogP contribution in [0.3, 0.4) is 0 Å². The van der Waals surface area contributed by atoms with Gasteiger partial charge in [-0.2, -0.15) is 10.2 Å². The van der Waals surface area contributed by atoms with E-state index in [0.717, 1.165) is 21.7 Å². The van der Waals surface area contributed by atoms with Crippen LogP contribution in [0.2, 0.25) is 0 Å². The minimum Gasteiger partial charge on any atom is -0.478 e. The van der Waals surface area contributed by atoms with Gasteiger partial charge in [0.15, 0.2) is 11.9 Å². The van der Waals surface area contributed by atoms with E-state index in [2.05, 4.69) is 25.6 Å². The first kappa shape index (κ1) is 21.9. The molecule has 3 aromatic heterocycles. The zero-order valence-electron chi connectivity index (χ0n) is 17.2. The van der Waals surface area contributed by atoms with Crippen molar-refractivity contribution in [3.05, 3.63) is 46.0 Å². The van der Waals surface area contributed by atoms with Gasteiger partial charge in [-0.1, -0.05) is 0 Å². The lowest BCUT2D eigenvalue weighted by atomic mass is 10.1. The van der Waals surface area contributed by atoms with Crippen LogP contribution in [0.1, 0.15) is 26.8 Å². The Bertz CT molecular complexity index is 1170. The number of rotatable bonds is 10. The Morgan fingerprint density at radius 3 is 2.90 bits per heavy atom. The van der Waals surface area contributed by atoms with Crippen molar-refractivity contribution in [2.24, 2.45) is 12.1 Å². The number of aromatic amines is 1. The summed E-state index contributed by atoms with van der Waals surface area (Å²) in [7, 11) is 4.96. The minimum absolute atomic E-state index is 0.0180. The highest BCUT2D eigenvalue weighted by molar-refractivity contribution is 7.19. The molecule has 0 aliphatic heterocycles. The van der Waals surface area contributed by atoms with E-state index in [-0.39, 0.29) is 17.8 Å². The molecule has 0 aromatic carbocycles. The number of carbonyl (C=O) groups is 2. The molecule has 0 unspecified atom stereocenters. The van der Waals surface area contributed by atoms with Crippen molar-refractivity contribution in [2.45, 2.75) is 6.42 Å². The Morgan fingerprint density at radius 1 is 1.52 bits per heavy atom. The third kappa shape index (κ3) is 4.69. The van der Waals surface area contributed by atoms with E-state index in [0.29, 0.717) is 23.3 Å². The third-order valence-corrected chi connectivity index (χ3v) is 5.55. The van der Waals surface area contributed by atoms with E-state index in [9.17, 15) is 14.7 Å². The fraction of sp³-hybridized carbons (Fsp3) is 0.263. The summed E-state index contributed by atoms with van der Waals surface area (Å²) in [6.07, 6.45) is 5.87. The first-order chi connectivity index (χ1) is 14.8. The number of nitrogens with zero attached hydrogens (tertiary/aromatic N) is 5. The molecule has 3 heterocycles. The van der Waals surface area contributed by atoms with Crippen molar-refractivity contribution in [3.63, 3.8) is 0 Å². The molecule has 12 heteroatoms. The molecule has 0 saturated carbocycles. The molecule has 11 nitrogen and oxygen atoms in total. The third-order valence-electron chi connectivity index (χ3n) is 4.47. The number of hydrazone groups is 1. The average Bonchev–Trinajstić information content (AvgIpc) is 3.43. The standard InChI is InChI=1S/C19H22N8O3S/c1-21-7-12(19(29)30)14(20)9-26(2)23-8-13-15(10-28)27(3)18-17(13)31-16(24-18)6-11-4-5-22-25-11/h4-5,7-8,10,20-21H,6,9H2,1-3H3,(H,22,25)(H,29,30)/b12-7+,20-14?,23-8-. The second kappa shape index (κ2) is 9.34. The van der Waals surface area contributed by atoms with Crippen LogP contribution in [-0.2, 0) is 18.3 Å². The number of carboxylic acids is 1. The quantitative estimate of drug-likeness (QED) is 0.159. The van der Waals surface area contributed by atoms with Crippen LogP contribution in [0, 0.1) is 5.41 Å². The van der Waals surface area contributed by atoms with Crippen LogP contribution in [-0.4, -0.2) is 74.7 Å². The molecule has 31 heavy (non-hydrogen) atoms. The SMILES string of the molecule is CN/C=C(\C(=N)CN(C)/N=C\c1c(C=O)n(C)c2nc(Cc3cc[nH]n3)sc12)C(=O)O. The van der Waals surface area contributed by atoms with Gasteiger partial charge < -0.3 is 20.4 Å². The van der Waals surface area contributed by atoms with Gasteiger partial charge in [0.1, 0.15) is 5.01 Å². The Hall–Kier alpha value is -3.80. The number of hydrogen-bond donors (Lipinski definition) is 4. The average molecular weight is 443 g/mol. The van der Waals surface area contributed by atoms with Crippen molar-refractivity contribution in [3.8, 4) is 0 Å². The second-order valence-electron chi connectivity index (χ2n) is 6.67. The van der Waals surface area contributed by atoms with Crippen molar-refractivity contribution >= 4 is 45.9 Å². The lowest BCUT2D eigenvalue weighted by molar-refractivity contribution is -0.132. The maximum atomic E-state index is 11.7.